The van der Waals surface area contributed by atoms with E-state index in [1.54, 1.807) is 11.4 Å². The summed E-state index contributed by atoms with van der Waals surface area (Å²) in [5, 5.41) is 3.12. The van der Waals surface area contributed by atoms with Crippen LogP contribution in [0.4, 0.5) is 0 Å². The van der Waals surface area contributed by atoms with E-state index in [2.05, 4.69) is 5.32 Å². The fourth-order valence-electron chi connectivity index (χ4n) is 1.83. The highest BCUT2D eigenvalue weighted by Crippen LogP contribution is 2.16. The molecule has 0 aromatic carbocycles. The molecule has 1 heterocycles. The Kier molecular flexibility index (Phi) is 5.68. The van der Waals surface area contributed by atoms with Crippen LogP contribution in [0.15, 0.2) is 0 Å². The minimum absolute atomic E-state index is 0.0727. The number of ether oxygens (including phenoxy) is 1. The van der Waals surface area contributed by atoms with Crippen LogP contribution in [0.5, 0.6) is 0 Å². The molecule has 1 N–H and O–H groups in total. The van der Waals surface area contributed by atoms with Crippen molar-refractivity contribution in [1.82, 2.24) is 9.62 Å². The molecule has 1 atom stereocenters. The number of rotatable bonds is 7. The normalized spacial score (nSPS) is 22.8. The standard InChI is InChI=1S/C10H22N2O3S/c1-3-11-6-4-8-16(13,14)12-7-5-10(9-12)15-2/h10-11H,3-9H2,1-2H3. The van der Waals surface area contributed by atoms with Gasteiger partial charge in [0.15, 0.2) is 0 Å². The summed E-state index contributed by atoms with van der Waals surface area (Å²) in [6.45, 7) is 4.77. The van der Waals surface area contributed by atoms with Gasteiger partial charge in [-0.05, 0) is 25.9 Å². The summed E-state index contributed by atoms with van der Waals surface area (Å²) < 4.78 is 30.5. The van der Waals surface area contributed by atoms with Gasteiger partial charge in [0.25, 0.3) is 0 Å². The van der Waals surface area contributed by atoms with Crippen LogP contribution < -0.4 is 5.32 Å². The number of nitrogens with zero attached hydrogens (tertiary/aromatic N) is 1. The van der Waals surface area contributed by atoms with Gasteiger partial charge in [-0.15, -0.1) is 0 Å². The Labute approximate surface area is 98.2 Å². The maximum atomic E-state index is 11.9. The first-order valence-corrected chi connectivity index (χ1v) is 7.42. The van der Waals surface area contributed by atoms with E-state index in [4.69, 9.17) is 4.74 Å². The highest BCUT2D eigenvalue weighted by Gasteiger charge is 2.30. The minimum atomic E-state index is -3.07. The van der Waals surface area contributed by atoms with Gasteiger partial charge in [-0.25, -0.2) is 8.42 Å². The zero-order valence-electron chi connectivity index (χ0n) is 10.1. The quantitative estimate of drug-likeness (QED) is 0.648. The third kappa shape index (κ3) is 4.01. The van der Waals surface area contributed by atoms with Gasteiger partial charge in [-0.2, -0.15) is 4.31 Å². The van der Waals surface area contributed by atoms with Crippen molar-refractivity contribution in [2.45, 2.75) is 25.9 Å². The van der Waals surface area contributed by atoms with Gasteiger partial charge in [-0.3, -0.25) is 0 Å². The summed E-state index contributed by atoms with van der Waals surface area (Å²) in [4.78, 5) is 0. The largest absolute Gasteiger partial charge is 0.380 e. The average molecular weight is 250 g/mol. The lowest BCUT2D eigenvalue weighted by molar-refractivity contribution is 0.115. The molecular weight excluding hydrogens is 228 g/mol. The molecule has 0 aromatic heterocycles. The van der Waals surface area contributed by atoms with Gasteiger partial charge in [0.2, 0.25) is 10.0 Å². The van der Waals surface area contributed by atoms with Crippen LogP contribution in [0.3, 0.4) is 0 Å². The van der Waals surface area contributed by atoms with Gasteiger partial charge in [-0.1, -0.05) is 6.92 Å². The molecule has 16 heavy (non-hydrogen) atoms. The van der Waals surface area contributed by atoms with E-state index in [1.165, 1.54) is 0 Å². The first kappa shape index (κ1) is 13.9. The monoisotopic (exact) mass is 250 g/mol. The Morgan fingerprint density at radius 3 is 2.81 bits per heavy atom. The first-order chi connectivity index (χ1) is 7.60. The maximum absolute atomic E-state index is 11.9. The highest BCUT2D eigenvalue weighted by molar-refractivity contribution is 7.89. The zero-order valence-corrected chi connectivity index (χ0v) is 10.9. The van der Waals surface area contributed by atoms with Gasteiger partial charge in [0.05, 0.1) is 11.9 Å². The summed E-state index contributed by atoms with van der Waals surface area (Å²) in [6, 6.07) is 0. The van der Waals surface area contributed by atoms with E-state index in [9.17, 15) is 8.42 Å². The van der Waals surface area contributed by atoms with Gasteiger partial charge in [0, 0.05) is 20.2 Å². The average Bonchev–Trinajstić information content (AvgIpc) is 2.73. The van der Waals surface area contributed by atoms with Gasteiger partial charge < -0.3 is 10.1 Å². The molecule has 0 spiro atoms. The number of hydrogen-bond donors (Lipinski definition) is 1. The van der Waals surface area contributed by atoms with E-state index >= 15 is 0 Å². The van der Waals surface area contributed by atoms with E-state index in [0.29, 0.717) is 19.5 Å². The van der Waals surface area contributed by atoms with E-state index in [-0.39, 0.29) is 11.9 Å². The molecule has 0 aliphatic carbocycles. The minimum Gasteiger partial charge on any atom is -0.380 e. The lowest BCUT2D eigenvalue weighted by Crippen LogP contribution is -2.33. The molecule has 1 rings (SSSR count). The third-order valence-electron chi connectivity index (χ3n) is 2.84. The topological polar surface area (TPSA) is 58.6 Å². The summed E-state index contributed by atoms with van der Waals surface area (Å²) in [7, 11) is -1.44. The van der Waals surface area contributed by atoms with Crippen molar-refractivity contribution < 1.29 is 13.2 Å². The van der Waals surface area contributed by atoms with Crippen molar-refractivity contribution >= 4 is 10.0 Å². The molecule has 1 aliphatic rings. The summed E-state index contributed by atoms with van der Waals surface area (Å²) in [5.74, 6) is 0.233. The van der Waals surface area contributed by atoms with E-state index < -0.39 is 10.0 Å². The first-order valence-electron chi connectivity index (χ1n) is 5.81. The van der Waals surface area contributed by atoms with E-state index in [0.717, 1.165) is 19.5 Å². The molecule has 0 saturated carbocycles. The van der Waals surface area contributed by atoms with Crippen LogP contribution in [0.25, 0.3) is 0 Å². The van der Waals surface area contributed by atoms with Crippen molar-refractivity contribution in [2.24, 2.45) is 0 Å². The van der Waals surface area contributed by atoms with Crippen LogP contribution in [0, 0.1) is 0 Å². The number of methoxy groups -OCH3 is 1. The van der Waals surface area contributed by atoms with Crippen LogP contribution >= 0.6 is 0 Å². The predicted molar refractivity (Wildman–Crippen MR) is 63.9 cm³/mol. The predicted octanol–water partition coefficient (Wildman–Crippen LogP) is 0.0365. The molecule has 0 amide bonds. The van der Waals surface area contributed by atoms with Crippen molar-refractivity contribution in [1.29, 1.82) is 0 Å². The van der Waals surface area contributed by atoms with Crippen LogP contribution in [0.2, 0.25) is 0 Å². The second-order valence-electron chi connectivity index (χ2n) is 4.03. The Hall–Kier alpha value is -0.170. The molecule has 1 fully saturated rings. The lowest BCUT2D eigenvalue weighted by atomic mass is 10.3. The smallest absolute Gasteiger partial charge is 0.214 e. The Balaban J connectivity index is 2.34. The Morgan fingerprint density at radius 2 is 2.25 bits per heavy atom. The third-order valence-corrected chi connectivity index (χ3v) is 4.76. The second-order valence-corrected chi connectivity index (χ2v) is 6.12. The van der Waals surface area contributed by atoms with Crippen LogP contribution in [-0.2, 0) is 14.8 Å². The fourth-order valence-corrected chi connectivity index (χ4v) is 3.37. The van der Waals surface area contributed by atoms with Crippen molar-refractivity contribution in [2.75, 3.05) is 39.0 Å². The van der Waals surface area contributed by atoms with Crippen molar-refractivity contribution in [3.8, 4) is 0 Å². The molecule has 6 heteroatoms. The van der Waals surface area contributed by atoms with Gasteiger partial charge in [0.1, 0.15) is 0 Å². The lowest BCUT2D eigenvalue weighted by Gasteiger charge is -2.16. The number of nitrogens with one attached hydrogen (secondary N) is 1. The zero-order chi connectivity index (χ0) is 12.0. The molecule has 5 nitrogen and oxygen atoms in total. The molecule has 1 saturated heterocycles. The Morgan fingerprint density at radius 1 is 1.50 bits per heavy atom. The maximum Gasteiger partial charge on any atom is 0.214 e. The highest BCUT2D eigenvalue weighted by atomic mass is 32.2. The molecule has 1 unspecified atom stereocenters. The molecule has 0 radical (unpaired) electrons. The number of hydrogen-bond acceptors (Lipinski definition) is 4. The van der Waals surface area contributed by atoms with Crippen LogP contribution in [0.1, 0.15) is 19.8 Å². The molecule has 0 aromatic rings. The summed E-state index contributed by atoms with van der Waals surface area (Å²) >= 11 is 0. The fraction of sp³-hybridized carbons (Fsp3) is 1.00. The molecule has 96 valence electrons. The summed E-state index contributed by atoms with van der Waals surface area (Å²) in [5.41, 5.74) is 0. The van der Waals surface area contributed by atoms with E-state index in [1.807, 2.05) is 6.92 Å². The Bertz CT molecular complexity index is 292. The number of sulfonamides is 1. The molecule has 1 aliphatic heterocycles. The van der Waals surface area contributed by atoms with Crippen molar-refractivity contribution in [3.05, 3.63) is 0 Å². The SMILES string of the molecule is CCNCCCS(=O)(=O)N1CCC(OC)C1. The molecular formula is C10H22N2O3S. The van der Waals surface area contributed by atoms with Crippen LogP contribution in [-0.4, -0.2) is 57.9 Å². The second kappa shape index (κ2) is 6.54. The molecule has 0 bridgehead atoms. The van der Waals surface area contributed by atoms with Crippen molar-refractivity contribution in [3.63, 3.8) is 0 Å². The summed E-state index contributed by atoms with van der Waals surface area (Å²) in [6.07, 6.45) is 1.55. The van der Waals surface area contributed by atoms with Gasteiger partial charge >= 0.3 is 0 Å².